The molecule has 0 aliphatic carbocycles. The number of nitrogens with two attached hydrogens (primary N) is 1. The van der Waals surface area contributed by atoms with Crippen molar-refractivity contribution >= 4 is 10.0 Å². The lowest BCUT2D eigenvalue weighted by atomic mass is 10.0. The summed E-state index contributed by atoms with van der Waals surface area (Å²) in [4.78, 5) is 0.284. The zero-order valence-electron chi connectivity index (χ0n) is 11.5. The Balaban J connectivity index is 3.09. The van der Waals surface area contributed by atoms with E-state index in [1.54, 1.807) is 12.3 Å². The van der Waals surface area contributed by atoms with Crippen LogP contribution in [0.4, 0.5) is 0 Å². The van der Waals surface area contributed by atoms with Gasteiger partial charge in [-0.25, -0.2) is 13.1 Å². The van der Waals surface area contributed by atoms with Gasteiger partial charge in [0.25, 0.3) is 0 Å². The summed E-state index contributed by atoms with van der Waals surface area (Å²) in [5, 5.41) is 0. The van der Waals surface area contributed by atoms with Crippen LogP contribution in [0.5, 0.6) is 0 Å². The van der Waals surface area contributed by atoms with E-state index in [1.807, 2.05) is 32.3 Å². The molecule has 0 fully saturated rings. The second-order valence-corrected chi connectivity index (χ2v) is 6.68. The van der Waals surface area contributed by atoms with Gasteiger partial charge in [0.2, 0.25) is 10.0 Å². The number of nitrogens with zero attached hydrogens (tertiary/aromatic N) is 1. The largest absolute Gasteiger partial charge is 0.349 e. The quantitative estimate of drug-likeness (QED) is 0.823. The second-order valence-electron chi connectivity index (χ2n) is 5.00. The van der Waals surface area contributed by atoms with Crippen LogP contribution in [0.15, 0.2) is 17.2 Å². The lowest BCUT2D eigenvalue weighted by Crippen LogP contribution is -2.42. The SMILES string of the molecule is CCn1cc(S(=O)(=O)NC(C)(C)CC)cc1CN. The summed E-state index contributed by atoms with van der Waals surface area (Å²) >= 11 is 0. The van der Waals surface area contributed by atoms with Crippen LogP contribution in [0.2, 0.25) is 0 Å². The number of aryl methyl sites for hydroxylation is 1. The van der Waals surface area contributed by atoms with Crippen molar-refractivity contribution in [1.29, 1.82) is 0 Å². The Morgan fingerprint density at radius 2 is 2.00 bits per heavy atom. The second kappa shape index (κ2) is 5.42. The Hall–Kier alpha value is -0.850. The minimum atomic E-state index is -3.48. The molecular weight excluding hydrogens is 250 g/mol. The predicted molar refractivity (Wildman–Crippen MR) is 72.7 cm³/mol. The van der Waals surface area contributed by atoms with Crippen LogP contribution in [0, 0.1) is 0 Å². The maximum atomic E-state index is 12.2. The lowest BCUT2D eigenvalue weighted by molar-refractivity contribution is 0.439. The Morgan fingerprint density at radius 3 is 2.39 bits per heavy atom. The molecule has 0 spiro atoms. The number of rotatable bonds is 6. The first-order chi connectivity index (χ1) is 8.25. The summed E-state index contributed by atoms with van der Waals surface area (Å²) in [6.45, 7) is 8.68. The van der Waals surface area contributed by atoms with Crippen molar-refractivity contribution in [2.24, 2.45) is 5.73 Å². The van der Waals surface area contributed by atoms with Crippen molar-refractivity contribution in [3.63, 3.8) is 0 Å². The third kappa shape index (κ3) is 3.34. The van der Waals surface area contributed by atoms with Gasteiger partial charge in [0, 0.05) is 30.5 Å². The van der Waals surface area contributed by atoms with Crippen molar-refractivity contribution < 1.29 is 8.42 Å². The minimum absolute atomic E-state index is 0.284. The van der Waals surface area contributed by atoms with Gasteiger partial charge >= 0.3 is 0 Å². The fraction of sp³-hybridized carbons (Fsp3) is 0.667. The van der Waals surface area contributed by atoms with Gasteiger partial charge < -0.3 is 10.3 Å². The van der Waals surface area contributed by atoms with Crippen molar-refractivity contribution in [3.8, 4) is 0 Å². The molecular formula is C12H23N3O2S. The van der Waals surface area contributed by atoms with Crippen LogP contribution in [-0.4, -0.2) is 18.5 Å². The summed E-state index contributed by atoms with van der Waals surface area (Å²) in [6, 6.07) is 1.64. The molecule has 1 rings (SSSR count). The first-order valence-electron chi connectivity index (χ1n) is 6.19. The summed E-state index contributed by atoms with van der Waals surface area (Å²) in [5.74, 6) is 0. The van der Waals surface area contributed by atoms with Gasteiger partial charge in [-0.15, -0.1) is 0 Å². The molecule has 0 saturated heterocycles. The fourth-order valence-electron chi connectivity index (χ4n) is 1.63. The van der Waals surface area contributed by atoms with Crippen LogP contribution in [0.1, 0.15) is 39.8 Å². The molecule has 18 heavy (non-hydrogen) atoms. The molecule has 0 unspecified atom stereocenters. The van der Waals surface area contributed by atoms with Crippen LogP contribution >= 0.6 is 0 Å². The molecule has 0 amide bonds. The molecule has 1 aromatic heterocycles. The maximum absolute atomic E-state index is 12.2. The molecule has 6 heteroatoms. The maximum Gasteiger partial charge on any atom is 0.242 e. The number of aromatic nitrogens is 1. The zero-order valence-corrected chi connectivity index (χ0v) is 12.3. The fourth-order valence-corrected chi connectivity index (χ4v) is 3.18. The highest BCUT2D eigenvalue weighted by atomic mass is 32.2. The topological polar surface area (TPSA) is 77.1 Å². The molecule has 1 heterocycles. The number of hydrogen-bond donors (Lipinski definition) is 2. The standard InChI is InChI=1S/C12H23N3O2S/c1-5-12(3,4)14-18(16,17)11-7-10(8-13)15(6-2)9-11/h7,9,14H,5-6,8,13H2,1-4H3. The molecule has 0 bridgehead atoms. The van der Waals surface area contributed by atoms with E-state index in [1.165, 1.54) is 0 Å². The summed E-state index contributed by atoms with van der Waals surface area (Å²) in [6.07, 6.45) is 2.36. The molecule has 0 radical (unpaired) electrons. The van der Waals surface area contributed by atoms with Crippen LogP contribution in [0.3, 0.4) is 0 Å². The Bertz CT molecular complexity index is 482. The van der Waals surface area contributed by atoms with Crippen molar-refractivity contribution in [2.45, 2.75) is 57.6 Å². The highest BCUT2D eigenvalue weighted by Crippen LogP contribution is 2.18. The van der Waals surface area contributed by atoms with E-state index in [2.05, 4.69) is 4.72 Å². The average Bonchev–Trinajstić information content (AvgIpc) is 2.71. The van der Waals surface area contributed by atoms with E-state index in [-0.39, 0.29) is 4.90 Å². The van der Waals surface area contributed by atoms with E-state index >= 15 is 0 Å². The molecule has 5 nitrogen and oxygen atoms in total. The average molecular weight is 273 g/mol. The molecule has 104 valence electrons. The van der Waals surface area contributed by atoms with Crippen LogP contribution < -0.4 is 10.5 Å². The first-order valence-corrected chi connectivity index (χ1v) is 7.67. The van der Waals surface area contributed by atoms with Crippen molar-refractivity contribution in [3.05, 3.63) is 18.0 Å². The summed E-state index contributed by atoms with van der Waals surface area (Å²) in [7, 11) is -3.48. The number of hydrogen-bond acceptors (Lipinski definition) is 3. The van der Waals surface area contributed by atoms with Gasteiger partial charge in [-0.1, -0.05) is 6.92 Å². The highest BCUT2D eigenvalue weighted by molar-refractivity contribution is 7.89. The third-order valence-corrected chi connectivity index (χ3v) is 4.78. The van der Waals surface area contributed by atoms with Gasteiger partial charge in [-0.3, -0.25) is 0 Å². The summed E-state index contributed by atoms with van der Waals surface area (Å²) < 4.78 is 29.0. The lowest BCUT2D eigenvalue weighted by Gasteiger charge is -2.23. The summed E-state index contributed by atoms with van der Waals surface area (Å²) in [5.41, 5.74) is 5.98. The van der Waals surface area contributed by atoms with Gasteiger partial charge in [0.1, 0.15) is 0 Å². The normalized spacial score (nSPS) is 12.9. The van der Waals surface area contributed by atoms with Crippen LogP contribution in [-0.2, 0) is 23.1 Å². The first kappa shape index (κ1) is 15.2. The zero-order chi connectivity index (χ0) is 14.0. The minimum Gasteiger partial charge on any atom is -0.349 e. The van der Waals surface area contributed by atoms with E-state index < -0.39 is 15.6 Å². The van der Waals surface area contributed by atoms with Crippen molar-refractivity contribution in [2.75, 3.05) is 0 Å². The predicted octanol–water partition coefficient (Wildman–Crippen LogP) is 1.43. The van der Waals surface area contributed by atoms with Gasteiger partial charge in [-0.2, -0.15) is 0 Å². The Morgan fingerprint density at radius 1 is 1.39 bits per heavy atom. The van der Waals surface area contributed by atoms with E-state index in [4.69, 9.17) is 5.73 Å². The molecule has 0 aliphatic heterocycles. The third-order valence-electron chi connectivity index (χ3n) is 3.12. The Kier molecular flexibility index (Phi) is 4.58. The molecule has 0 aromatic carbocycles. The molecule has 1 aromatic rings. The molecule has 0 atom stereocenters. The van der Waals surface area contributed by atoms with E-state index in [0.717, 1.165) is 12.1 Å². The molecule has 0 saturated carbocycles. The van der Waals surface area contributed by atoms with E-state index in [0.29, 0.717) is 13.1 Å². The van der Waals surface area contributed by atoms with Gasteiger partial charge in [0.05, 0.1) is 4.90 Å². The van der Waals surface area contributed by atoms with Gasteiger partial charge in [-0.05, 0) is 33.3 Å². The number of nitrogens with one attached hydrogen (secondary N) is 1. The number of sulfonamides is 1. The monoisotopic (exact) mass is 273 g/mol. The molecule has 3 N–H and O–H groups in total. The van der Waals surface area contributed by atoms with Gasteiger partial charge in [0.15, 0.2) is 0 Å². The van der Waals surface area contributed by atoms with Crippen LogP contribution in [0.25, 0.3) is 0 Å². The Labute approximate surface area is 109 Å². The van der Waals surface area contributed by atoms with E-state index in [9.17, 15) is 8.42 Å². The highest BCUT2D eigenvalue weighted by Gasteiger charge is 2.25. The smallest absolute Gasteiger partial charge is 0.242 e. The molecule has 0 aliphatic rings. The van der Waals surface area contributed by atoms with Crippen molar-refractivity contribution in [1.82, 2.24) is 9.29 Å².